The van der Waals surface area contributed by atoms with Gasteiger partial charge in [-0.2, -0.15) is 5.10 Å². The van der Waals surface area contributed by atoms with Gasteiger partial charge in [-0.25, -0.2) is 9.50 Å². The fourth-order valence-corrected chi connectivity index (χ4v) is 2.31. The molecule has 0 saturated heterocycles. The second kappa shape index (κ2) is 6.65. The van der Waals surface area contributed by atoms with E-state index in [1.54, 1.807) is 6.20 Å². The molecular weight excluding hydrogens is 284 g/mol. The van der Waals surface area contributed by atoms with Gasteiger partial charge in [0.05, 0.1) is 5.69 Å². The summed E-state index contributed by atoms with van der Waals surface area (Å²) in [5.41, 5.74) is 2.15. The van der Waals surface area contributed by atoms with E-state index in [1.807, 2.05) is 10.7 Å². The van der Waals surface area contributed by atoms with Crippen LogP contribution in [0.2, 0.25) is 0 Å². The summed E-state index contributed by atoms with van der Waals surface area (Å²) in [5.74, 6) is 2.20. The van der Waals surface area contributed by atoms with Crippen molar-refractivity contribution in [1.82, 2.24) is 14.6 Å². The van der Waals surface area contributed by atoms with Gasteiger partial charge in [-0.05, 0) is 24.8 Å². The predicted molar refractivity (Wildman–Crippen MR) is 89.3 cm³/mol. The van der Waals surface area contributed by atoms with Crippen molar-refractivity contribution in [3.63, 3.8) is 0 Å². The van der Waals surface area contributed by atoms with Crippen molar-refractivity contribution in [3.8, 4) is 0 Å². The molecule has 0 bridgehead atoms. The van der Waals surface area contributed by atoms with Crippen molar-refractivity contribution in [2.75, 3.05) is 17.7 Å². The van der Waals surface area contributed by atoms with Crippen molar-refractivity contribution in [2.24, 2.45) is 5.92 Å². The van der Waals surface area contributed by atoms with Gasteiger partial charge in [0.1, 0.15) is 5.52 Å². The van der Waals surface area contributed by atoms with Crippen molar-refractivity contribution >= 4 is 22.9 Å². The second-order valence-electron chi connectivity index (χ2n) is 6.71. The van der Waals surface area contributed by atoms with E-state index in [4.69, 9.17) is 11.6 Å². The Morgan fingerprint density at radius 2 is 2.14 bits per heavy atom. The maximum absolute atomic E-state index is 5.83. The van der Waals surface area contributed by atoms with E-state index < -0.39 is 0 Å². The van der Waals surface area contributed by atoms with Crippen molar-refractivity contribution < 1.29 is 0 Å². The van der Waals surface area contributed by atoms with Gasteiger partial charge in [0.2, 0.25) is 0 Å². The third-order valence-electron chi connectivity index (χ3n) is 3.59. The molecule has 1 N–H and O–H groups in total. The van der Waals surface area contributed by atoms with Gasteiger partial charge in [0.15, 0.2) is 5.82 Å². The van der Waals surface area contributed by atoms with Crippen LogP contribution in [0.4, 0.5) is 5.82 Å². The third-order valence-corrected chi connectivity index (χ3v) is 4.11. The summed E-state index contributed by atoms with van der Waals surface area (Å²) in [4.78, 5) is 4.44. The number of rotatable bonds is 6. The second-order valence-corrected chi connectivity index (χ2v) is 7.02. The molecule has 4 nitrogen and oxygen atoms in total. The van der Waals surface area contributed by atoms with Crippen LogP contribution in [0, 0.1) is 5.92 Å². The average molecular weight is 309 g/mol. The minimum Gasteiger partial charge on any atom is -0.368 e. The number of hydrogen-bond acceptors (Lipinski definition) is 3. The van der Waals surface area contributed by atoms with Crippen LogP contribution in [-0.2, 0) is 5.41 Å². The lowest BCUT2D eigenvalue weighted by Gasteiger charge is -2.13. The Bertz CT molecular complexity index is 585. The number of nitrogens with zero attached hydrogens (tertiary/aromatic N) is 3. The first-order valence-electron chi connectivity index (χ1n) is 7.56. The van der Waals surface area contributed by atoms with Crippen LogP contribution in [0.3, 0.4) is 0 Å². The Morgan fingerprint density at radius 3 is 2.81 bits per heavy atom. The predicted octanol–water partition coefficient (Wildman–Crippen LogP) is 4.09. The zero-order chi connectivity index (χ0) is 15.5. The lowest BCUT2D eigenvalue weighted by Crippen LogP contribution is -2.11. The summed E-state index contributed by atoms with van der Waals surface area (Å²) in [6.07, 6.45) is 5.91. The molecule has 0 aromatic carbocycles. The van der Waals surface area contributed by atoms with Gasteiger partial charge in [0, 0.05) is 30.2 Å². The summed E-state index contributed by atoms with van der Waals surface area (Å²) in [7, 11) is 0. The zero-order valence-electron chi connectivity index (χ0n) is 13.4. The molecule has 21 heavy (non-hydrogen) atoms. The van der Waals surface area contributed by atoms with E-state index in [9.17, 15) is 0 Å². The Morgan fingerprint density at radius 1 is 1.38 bits per heavy atom. The highest BCUT2D eigenvalue weighted by atomic mass is 35.5. The Labute approximate surface area is 131 Å². The number of aromatic nitrogens is 3. The molecule has 1 atom stereocenters. The fourth-order valence-electron chi connectivity index (χ4n) is 2.16. The van der Waals surface area contributed by atoms with Crippen LogP contribution in [0.1, 0.15) is 46.2 Å². The molecule has 0 fully saturated rings. The summed E-state index contributed by atoms with van der Waals surface area (Å²) < 4.78 is 1.90. The fraction of sp³-hybridized carbons (Fsp3) is 0.625. The molecule has 2 aromatic rings. The van der Waals surface area contributed by atoms with Gasteiger partial charge in [-0.1, -0.05) is 27.7 Å². The van der Waals surface area contributed by atoms with Crippen molar-refractivity contribution in [2.45, 2.75) is 46.0 Å². The maximum Gasteiger partial charge on any atom is 0.152 e. The smallest absolute Gasteiger partial charge is 0.152 e. The van der Waals surface area contributed by atoms with E-state index in [0.717, 1.165) is 42.3 Å². The highest BCUT2D eigenvalue weighted by molar-refractivity contribution is 6.18. The highest BCUT2D eigenvalue weighted by Gasteiger charge is 2.18. The van der Waals surface area contributed by atoms with E-state index in [1.165, 1.54) is 0 Å². The molecule has 2 heterocycles. The van der Waals surface area contributed by atoms with Crippen molar-refractivity contribution in [3.05, 3.63) is 24.2 Å². The molecule has 2 aromatic heterocycles. The molecule has 0 spiro atoms. The van der Waals surface area contributed by atoms with Crippen LogP contribution >= 0.6 is 11.6 Å². The SMILES string of the molecule is CC(CCl)CCCNc1nccn2nc(C(C)(C)C)cc12. The molecule has 2 rings (SSSR count). The number of halogens is 1. The minimum atomic E-state index is 0.0407. The minimum absolute atomic E-state index is 0.0407. The average Bonchev–Trinajstić information content (AvgIpc) is 2.88. The molecule has 0 amide bonds. The molecule has 0 aliphatic heterocycles. The number of fused-ring (bicyclic) bond motifs is 1. The molecular formula is C16H25ClN4. The molecule has 0 radical (unpaired) electrons. The quantitative estimate of drug-likeness (QED) is 0.645. The van der Waals surface area contributed by atoms with Gasteiger partial charge >= 0.3 is 0 Å². The van der Waals surface area contributed by atoms with E-state index in [2.05, 4.69) is 49.2 Å². The van der Waals surface area contributed by atoms with Gasteiger partial charge in [-0.15, -0.1) is 11.6 Å². The normalized spacial score (nSPS) is 13.6. The molecule has 0 aliphatic rings. The first-order valence-corrected chi connectivity index (χ1v) is 8.10. The number of hydrogen-bond donors (Lipinski definition) is 1. The summed E-state index contributed by atoms with van der Waals surface area (Å²) in [6, 6.07) is 2.12. The van der Waals surface area contributed by atoms with Crippen LogP contribution in [0.5, 0.6) is 0 Å². The zero-order valence-corrected chi connectivity index (χ0v) is 14.1. The summed E-state index contributed by atoms with van der Waals surface area (Å²) in [6.45, 7) is 9.59. The number of nitrogens with one attached hydrogen (secondary N) is 1. The largest absolute Gasteiger partial charge is 0.368 e. The van der Waals surface area contributed by atoms with E-state index >= 15 is 0 Å². The maximum atomic E-state index is 5.83. The molecule has 0 saturated carbocycles. The van der Waals surface area contributed by atoms with Crippen LogP contribution < -0.4 is 5.32 Å². The van der Waals surface area contributed by atoms with Crippen LogP contribution in [-0.4, -0.2) is 27.0 Å². The lowest BCUT2D eigenvalue weighted by molar-refractivity contribution is 0.562. The lowest BCUT2D eigenvalue weighted by atomic mass is 9.92. The number of anilines is 1. The monoisotopic (exact) mass is 308 g/mol. The standard InChI is InChI=1S/C16H25ClN4/c1-12(11-17)6-5-7-18-15-13-10-14(16(2,3)4)20-21(13)9-8-19-15/h8-10,12H,5-7,11H2,1-4H3,(H,18,19). The van der Waals surface area contributed by atoms with E-state index in [0.29, 0.717) is 5.92 Å². The Hall–Kier alpha value is -1.29. The number of alkyl halides is 1. The third kappa shape index (κ3) is 4.10. The summed E-state index contributed by atoms with van der Waals surface area (Å²) in [5, 5.41) is 8.05. The molecule has 1 unspecified atom stereocenters. The Balaban J connectivity index is 2.08. The molecule has 116 valence electrons. The molecule has 5 heteroatoms. The Kier molecular flexibility index (Phi) is 5.09. The van der Waals surface area contributed by atoms with Crippen LogP contribution in [0.25, 0.3) is 5.52 Å². The first-order chi connectivity index (χ1) is 9.91. The van der Waals surface area contributed by atoms with Gasteiger partial charge in [0.25, 0.3) is 0 Å². The topological polar surface area (TPSA) is 42.2 Å². The van der Waals surface area contributed by atoms with Crippen LogP contribution in [0.15, 0.2) is 18.5 Å². The van der Waals surface area contributed by atoms with Gasteiger partial charge in [-0.3, -0.25) is 0 Å². The summed E-state index contributed by atoms with van der Waals surface area (Å²) >= 11 is 5.83. The highest BCUT2D eigenvalue weighted by Crippen LogP contribution is 2.24. The molecule has 0 aliphatic carbocycles. The van der Waals surface area contributed by atoms with Gasteiger partial charge < -0.3 is 5.32 Å². The first kappa shape index (κ1) is 16.1. The van der Waals surface area contributed by atoms with E-state index in [-0.39, 0.29) is 5.41 Å². The van der Waals surface area contributed by atoms with Crippen molar-refractivity contribution in [1.29, 1.82) is 0 Å².